The number of hydrogen-bond donors (Lipinski definition) is 0. The van der Waals surface area contributed by atoms with Crippen LogP contribution >= 0.6 is 11.3 Å². The number of carbonyl (C=O) groups excluding carboxylic acids is 1. The number of carbonyl (C=O) groups is 1. The van der Waals surface area contributed by atoms with Crippen molar-refractivity contribution in [1.82, 2.24) is 9.13 Å². The van der Waals surface area contributed by atoms with Crippen LogP contribution in [-0.2, 0) is 9.53 Å². The molecule has 7 aromatic rings. The van der Waals surface area contributed by atoms with E-state index in [2.05, 4.69) is 66.1 Å². The van der Waals surface area contributed by atoms with E-state index < -0.39 is 12.0 Å². The standard InChI is InChI=1S/C47H39N3O5S/c1-5-55-46(52)41-42(32-17-11-7-12-18-32)48-47-50(44(41)34-23-26-38(53-3)39(28-34)54-4)45(51)40(56-47)29-35-27-37(31-15-9-6-10-16-31)49(36-24-21-30(2)22-25-36)43(35)33-19-13-8-14-20-33/h6-29,44H,5H2,1-4H3/b40-29+/t44-/m1/s1. The minimum Gasteiger partial charge on any atom is -0.493 e. The molecule has 0 saturated carbocycles. The summed E-state index contributed by atoms with van der Waals surface area (Å²) < 4.78 is 21.3. The van der Waals surface area contributed by atoms with E-state index in [9.17, 15) is 4.79 Å². The van der Waals surface area contributed by atoms with E-state index in [0.717, 1.165) is 44.9 Å². The number of methoxy groups -OCH3 is 2. The lowest BCUT2D eigenvalue weighted by molar-refractivity contribution is -0.138. The van der Waals surface area contributed by atoms with E-state index in [1.165, 1.54) is 11.3 Å². The van der Waals surface area contributed by atoms with Gasteiger partial charge in [0.2, 0.25) is 0 Å². The summed E-state index contributed by atoms with van der Waals surface area (Å²) in [6, 6.07) is 45.1. The summed E-state index contributed by atoms with van der Waals surface area (Å²) in [7, 11) is 3.12. The van der Waals surface area contributed by atoms with Crippen LogP contribution in [0.3, 0.4) is 0 Å². The molecule has 0 amide bonds. The van der Waals surface area contributed by atoms with Crippen LogP contribution < -0.4 is 24.4 Å². The van der Waals surface area contributed by atoms with Gasteiger partial charge < -0.3 is 18.8 Å². The molecule has 2 aromatic heterocycles. The molecule has 8 rings (SSSR count). The van der Waals surface area contributed by atoms with Gasteiger partial charge in [-0.3, -0.25) is 9.36 Å². The number of benzene rings is 5. The fourth-order valence-electron chi connectivity index (χ4n) is 7.23. The number of aryl methyl sites for hydroxylation is 1. The van der Waals surface area contributed by atoms with E-state index in [-0.39, 0.29) is 17.7 Å². The molecule has 0 radical (unpaired) electrons. The lowest BCUT2D eigenvalue weighted by Crippen LogP contribution is -2.40. The Labute approximate surface area is 328 Å². The minimum atomic E-state index is -0.881. The first-order valence-electron chi connectivity index (χ1n) is 18.3. The van der Waals surface area contributed by atoms with Gasteiger partial charge >= 0.3 is 5.97 Å². The minimum absolute atomic E-state index is 0.150. The van der Waals surface area contributed by atoms with Crippen LogP contribution in [0.15, 0.2) is 155 Å². The quantitative estimate of drug-likeness (QED) is 0.131. The predicted octanol–water partition coefficient (Wildman–Crippen LogP) is 8.39. The molecule has 0 N–H and O–H groups in total. The summed E-state index contributed by atoms with van der Waals surface area (Å²) in [5.41, 5.74) is 8.74. The van der Waals surface area contributed by atoms with Crippen LogP contribution in [0.4, 0.5) is 0 Å². The van der Waals surface area contributed by atoms with Crippen molar-refractivity contribution in [2.24, 2.45) is 4.99 Å². The summed E-state index contributed by atoms with van der Waals surface area (Å²) in [5.74, 6) is 0.430. The van der Waals surface area contributed by atoms with E-state index >= 15 is 4.79 Å². The lowest BCUT2D eigenvalue weighted by Gasteiger charge is -2.26. The second-order valence-electron chi connectivity index (χ2n) is 13.3. The summed E-state index contributed by atoms with van der Waals surface area (Å²) in [6.07, 6.45) is 1.95. The lowest BCUT2D eigenvalue weighted by atomic mass is 9.93. The molecule has 0 aliphatic carbocycles. The largest absolute Gasteiger partial charge is 0.493 e. The van der Waals surface area contributed by atoms with Gasteiger partial charge in [0, 0.05) is 16.8 Å². The first-order chi connectivity index (χ1) is 27.4. The van der Waals surface area contributed by atoms with Gasteiger partial charge in [-0.15, -0.1) is 0 Å². The molecule has 0 unspecified atom stereocenters. The van der Waals surface area contributed by atoms with Gasteiger partial charge in [-0.1, -0.05) is 126 Å². The fourth-order valence-corrected chi connectivity index (χ4v) is 8.23. The van der Waals surface area contributed by atoms with Crippen molar-refractivity contribution in [1.29, 1.82) is 0 Å². The van der Waals surface area contributed by atoms with E-state index in [1.807, 2.05) is 78.9 Å². The van der Waals surface area contributed by atoms with Crippen molar-refractivity contribution in [3.8, 4) is 39.7 Å². The number of rotatable bonds is 10. The molecule has 278 valence electrons. The number of thiazole rings is 1. The van der Waals surface area contributed by atoms with Crippen LogP contribution in [0.25, 0.3) is 40.0 Å². The van der Waals surface area contributed by atoms with Gasteiger partial charge in [-0.05, 0) is 66.9 Å². The summed E-state index contributed by atoms with van der Waals surface area (Å²) in [6.45, 7) is 3.99. The molecule has 1 aliphatic rings. The molecule has 1 aliphatic heterocycles. The Kier molecular flexibility index (Phi) is 10.1. The van der Waals surface area contributed by atoms with Gasteiger partial charge in [-0.2, -0.15) is 0 Å². The number of aromatic nitrogens is 2. The zero-order valence-electron chi connectivity index (χ0n) is 31.4. The van der Waals surface area contributed by atoms with Gasteiger partial charge in [0.25, 0.3) is 5.56 Å². The number of hydrogen-bond acceptors (Lipinski definition) is 7. The van der Waals surface area contributed by atoms with Crippen molar-refractivity contribution in [2.75, 3.05) is 20.8 Å². The Hall–Kier alpha value is -6.71. The molecular formula is C47H39N3O5S. The normalized spacial score (nSPS) is 13.9. The molecule has 0 spiro atoms. The molecule has 0 fully saturated rings. The molecule has 3 heterocycles. The summed E-state index contributed by atoms with van der Waals surface area (Å²) in [4.78, 5) is 34.6. The summed E-state index contributed by atoms with van der Waals surface area (Å²) in [5, 5.41) is 0. The predicted molar refractivity (Wildman–Crippen MR) is 222 cm³/mol. The number of fused-ring (bicyclic) bond motifs is 1. The molecule has 1 atom stereocenters. The third-order valence-electron chi connectivity index (χ3n) is 9.82. The van der Waals surface area contributed by atoms with E-state index in [0.29, 0.717) is 32.1 Å². The number of esters is 1. The first kappa shape index (κ1) is 36.3. The molecule has 0 bridgehead atoms. The van der Waals surface area contributed by atoms with Crippen LogP contribution in [0.1, 0.15) is 35.2 Å². The molecule has 0 saturated heterocycles. The summed E-state index contributed by atoms with van der Waals surface area (Å²) >= 11 is 1.29. The van der Waals surface area contributed by atoms with Gasteiger partial charge in [0.1, 0.15) is 0 Å². The highest BCUT2D eigenvalue weighted by Gasteiger charge is 2.36. The van der Waals surface area contributed by atoms with Gasteiger partial charge in [0.05, 0.1) is 54.1 Å². The molecule has 5 aromatic carbocycles. The Morgan fingerprint density at radius 1 is 0.768 bits per heavy atom. The number of ether oxygens (including phenoxy) is 3. The SMILES string of the molecule is CCOC(=O)C1=C(c2ccccc2)N=c2s/c(=C/c3cc(-c4ccccc4)n(-c4ccc(C)cc4)c3-c3ccccc3)c(=O)n2[C@@H]1c1ccc(OC)c(OC)c1. The van der Waals surface area contributed by atoms with Gasteiger partial charge in [-0.25, -0.2) is 9.79 Å². The van der Waals surface area contributed by atoms with E-state index in [1.54, 1.807) is 37.8 Å². The molecule has 9 heteroatoms. The van der Waals surface area contributed by atoms with Crippen molar-refractivity contribution in [2.45, 2.75) is 19.9 Å². The van der Waals surface area contributed by atoms with Gasteiger partial charge in [0.15, 0.2) is 16.3 Å². The highest BCUT2D eigenvalue weighted by molar-refractivity contribution is 7.07. The van der Waals surface area contributed by atoms with Crippen LogP contribution in [-0.4, -0.2) is 35.9 Å². The van der Waals surface area contributed by atoms with Crippen molar-refractivity contribution in [3.05, 3.63) is 187 Å². The third kappa shape index (κ3) is 6.67. The second-order valence-corrected chi connectivity index (χ2v) is 14.3. The number of nitrogens with zero attached hydrogens (tertiary/aromatic N) is 3. The Morgan fingerprint density at radius 3 is 2.02 bits per heavy atom. The zero-order valence-corrected chi connectivity index (χ0v) is 32.2. The van der Waals surface area contributed by atoms with Crippen LogP contribution in [0.5, 0.6) is 11.5 Å². The van der Waals surface area contributed by atoms with Crippen LogP contribution in [0, 0.1) is 6.92 Å². The average Bonchev–Trinajstić information content (AvgIpc) is 3.77. The molecular weight excluding hydrogens is 719 g/mol. The van der Waals surface area contributed by atoms with Crippen molar-refractivity contribution < 1.29 is 19.0 Å². The first-order valence-corrected chi connectivity index (χ1v) is 19.2. The maximum atomic E-state index is 15.0. The average molecular weight is 758 g/mol. The van der Waals surface area contributed by atoms with Crippen LogP contribution in [0.2, 0.25) is 0 Å². The maximum absolute atomic E-state index is 15.0. The molecule has 8 nitrogen and oxygen atoms in total. The highest BCUT2D eigenvalue weighted by atomic mass is 32.1. The molecule has 56 heavy (non-hydrogen) atoms. The van der Waals surface area contributed by atoms with Crippen molar-refractivity contribution in [3.63, 3.8) is 0 Å². The monoisotopic (exact) mass is 757 g/mol. The maximum Gasteiger partial charge on any atom is 0.338 e. The zero-order chi connectivity index (χ0) is 38.8. The Bertz CT molecular complexity index is 2770. The smallest absolute Gasteiger partial charge is 0.338 e. The Balaban J connectivity index is 1.44. The Morgan fingerprint density at radius 2 is 1.39 bits per heavy atom. The fraction of sp³-hybridized carbons (Fsp3) is 0.128. The van der Waals surface area contributed by atoms with Crippen molar-refractivity contribution >= 4 is 29.1 Å². The van der Waals surface area contributed by atoms with E-state index in [4.69, 9.17) is 19.2 Å². The highest BCUT2D eigenvalue weighted by Crippen LogP contribution is 2.39. The second kappa shape index (κ2) is 15.6. The third-order valence-corrected chi connectivity index (χ3v) is 10.8. The topological polar surface area (TPSA) is 84.1 Å².